The van der Waals surface area contributed by atoms with E-state index in [4.69, 9.17) is 22.1 Å². The molecule has 0 saturated carbocycles. The highest BCUT2D eigenvalue weighted by atomic mass is 35.5. The van der Waals surface area contributed by atoms with Crippen LogP contribution >= 0.6 is 11.6 Å². The summed E-state index contributed by atoms with van der Waals surface area (Å²) < 4.78 is 6.13. The summed E-state index contributed by atoms with van der Waals surface area (Å²) in [7, 11) is 1.28. The summed E-state index contributed by atoms with van der Waals surface area (Å²) in [5.41, 5.74) is 7.32. The molecule has 16 heteroatoms. The molecule has 0 bridgehead atoms. The summed E-state index contributed by atoms with van der Waals surface area (Å²) in [5.74, 6) is -0.0000575. The number of nitriles is 2. The van der Waals surface area contributed by atoms with Gasteiger partial charge >= 0.3 is 6.09 Å². The number of aromatic nitrogens is 4. The maximum atomic E-state index is 12.0. The van der Waals surface area contributed by atoms with Gasteiger partial charge < -0.3 is 31.3 Å². The number of imidazole rings is 1. The molecule has 41 heavy (non-hydrogen) atoms. The van der Waals surface area contributed by atoms with Crippen LogP contribution in [0, 0.1) is 22.7 Å². The number of nitrogens with one attached hydrogen (secondary N) is 4. The van der Waals surface area contributed by atoms with Crippen molar-refractivity contribution in [1.29, 1.82) is 10.5 Å². The number of hydrogen-bond acceptors (Lipinski definition) is 12. The smallest absolute Gasteiger partial charge is 0.407 e. The van der Waals surface area contributed by atoms with E-state index in [-0.39, 0.29) is 17.7 Å². The van der Waals surface area contributed by atoms with Crippen LogP contribution in [0.5, 0.6) is 0 Å². The number of hydrogen-bond donors (Lipinski definition) is 5. The number of amides is 2. The minimum atomic E-state index is -0.667. The molecule has 15 nitrogen and oxygen atoms in total. The first-order valence-electron chi connectivity index (χ1n) is 12.7. The lowest BCUT2D eigenvalue weighted by Gasteiger charge is -2.41. The minimum Gasteiger partial charge on any atom is -0.453 e. The van der Waals surface area contributed by atoms with Crippen molar-refractivity contribution in [1.82, 2.24) is 30.2 Å². The number of nitrogens with zero attached hydrogens (tertiary/aromatic N) is 7. The molecule has 214 valence electrons. The van der Waals surface area contributed by atoms with Crippen LogP contribution in [-0.4, -0.2) is 76.5 Å². The molecule has 3 heterocycles. The van der Waals surface area contributed by atoms with Crippen molar-refractivity contribution < 1.29 is 14.3 Å². The van der Waals surface area contributed by atoms with Crippen molar-refractivity contribution in [2.45, 2.75) is 38.4 Å². The molecule has 2 amide bonds. The number of piperidine rings is 1. The van der Waals surface area contributed by atoms with Crippen LogP contribution in [0.2, 0.25) is 5.02 Å². The fraction of sp³-hybridized carbons (Fsp3) is 0.400. The quantitative estimate of drug-likeness (QED) is 0.243. The molecule has 6 N–H and O–H groups in total. The number of methoxy groups -OCH3 is 1. The van der Waals surface area contributed by atoms with Crippen molar-refractivity contribution in [2.75, 3.05) is 42.3 Å². The summed E-state index contributed by atoms with van der Waals surface area (Å²) in [4.78, 5) is 34.4. The Morgan fingerprint density at radius 2 is 2.07 bits per heavy atom. The van der Waals surface area contributed by atoms with Crippen molar-refractivity contribution in [3.63, 3.8) is 0 Å². The fourth-order valence-electron chi connectivity index (χ4n) is 4.54. The van der Waals surface area contributed by atoms with Gasteiger partial charge in [-0.15, -0.1) is 5.10 Å². The van der Waals surface area contributed by atoms with Gasteiger partial charge in [0.15, 0.2) is 17.2 Å². The van der Waals surface area contributed by atoms with Gasteiger partial charge in [-0.05, 0) is 32.4 Å². The topological polar surface area (TPSA) is 211 Å². The maximum absolute atomic E-state index is 12.0. The Balaban J connectivity index is 1.69. The number of halogens is 1. The summed E-state index contributed by atoms with van der Waals surface area (Å²) in [5, 5.41) is 36.1. The zero-order valence-corrected chi connectivity index (χ0v) is 23.4. The van der Waals surface area contributed by atoms with Crippen LogP contribution in [-0.2, 0) is 9.53 Å². The largest absolute Gasteiger partial charge is 0.453 e. The van der Waals surface area contributed by atoms with Crippen molar-refractivity contribution >= 4 is 52.4 Å². The SMILES string of the molecule is CCNc1nc(Nc2cc(C#N)cc(N3CC[C@H](NC(=O)OC)[C@H](NC(C)C(N)=O)C3)c2Cl)nn2c(C#N)cnc12. The molecule has 1 fully saturated rings. The first-order valence-corrected chi connectivity index (χ1v) is 13.1. The van der Waals surface area contributed by atoms with Gasteiger partial charge in [-0.3, -0.25) is 10.1 Å². The molecule has 3 aromatic rings. The van der Waals surface area contributed by atoms with Gasteiger partial charge in [-0.1, -0.05) is 11.6 Å². The summed E-state index contributed by atoms with van der Waals surface area (Å²) >= 11 is 6.88. The second-order valence-corrected chi connectivity index (χ2v) is 9.65. The molecule has 1 aromatic carbocycles. The minimum absolute atomic E-state index is 0.127. The Morgan fingerprint density at radius 1 is 1.29 bits per heavy atom. The molecule has 3 atom stereocenters. The second kappa shape index (κ2) is 12.5. The Morgan fingerprint density at radius 3 is 2.73 bits per heavy atom. The lowest BCUT2D eigenvalue weighted by molar-refractivity contribution is -0.119. The number of primary amides is 1. The van der Waals surface area contributed by atoms with Crippen molar-refractivity contribution in [3.05, 3.63) is 34.6 Å². The molecule has 1 saturated heterocycles. The van der Waals surface area contributed by atoms with Crippen LogP contribution in [0.1, 0.15) is 31.5 Å². The van der Waals surface area contributed by atoms with E-state index in [0.29, 0.717) is 59.5 Å². The average Bonchev–Trinajstić information content (AvgIpc) is 3.38. The molecule has 0 aliphatic carbocycles. The molecule has 1 aliphatic heterocycles. The average molecular weight is 581 g/mol. The number of ether oxygens (including phenoxy) is 1. The first kappa shape index (κ1) is 29.1. The zero-order valence-electron chi connectivity index (χ0n) is 22.6. The third-order valence-electron chi connectivity index (χ3n) is 6.58. The molecular weight excluding hydrogens is 552 g/mol. The van der Waals surface area contributed by atoms with Crippen molar-refractivity contribution in [3.8, 4) is 12.1 Å². The van der Waals surface area contributed by atoms with Crippen LogP contribution in [0.15, 0.2) is 18.3 Å². The lowest BCUT2D eigenvalue weighted by atomic mass is 9.97. The van der Waals surface area contributed by atoms with Gasteiger partial charge in [0.2, 0.25) is 11.9 Å². The predicted octanol–water partition coefficient (Wildman–Crippen LogP) is 1.46. The fourth-order valence-corrected chi connectivity index (χ4v) is 4.81. The number of rotatable bonds is 9. The first-order chi connectivity index (χ1) is 19.7. The molecule has 0 spiro atoms. The Kier molecular flexibility index (Phi) is 8.91. The predicted molar refractivity (Wildman–Crippen MR) is 151 cm³/mol. The number of carbonyl (C=O) groups is 2. The molecule has 4 rings (SSSR count). The van der Waals surface area contributed by atoms with E-state index in [1.807, 2.05) is 17.9 Å². The van der Waals surface area contributed by atoms with E-state index in [2.05, 4.69) is 42.4 Å². The van der Waals surface area contributed by atoms with E-state index in [0.717, 1.165) is 0 Å². The second-order valence-electron chi connectivity index (χ2n) is 9.27. The van der Waals surface area contributed by atoms with Gasteiger partial charge in [0, 0.05) is 25.7 Å². The van der Waals surface area contributed by atoms with Gasteiger partial charge in [-0.2, -0.15) is 20.0 Å². The lowest BCUT2D eigenvalue weighted by Crippen LogP contribution is -2.62. The number of carbonyl (C=O) groups excluding carboxylic acids is 2. The van der Waals surface area contributed by atoms with E-state index in [1.165, 1.54) is 17.8 Å². The number of fused-ring (bicyclic) bond motifs is 1. The monoisotopic (exact) mass is 580 g/mol. The molecule has 2 aromatic heterocycles. The van der Waals surface area contributed by atoms with E-state index < -0.39 is 24.1 Å². The third-order valence-corrected chi connectivity index (χ3v) is 6.98. The van der Waals surface area contributed by atoms with Crippen LogP contribution in [0.25, 0.3) is 5.65 Å². The summed E-state index contributed by atoms with van der Waals surface area (Å²) in [6.07, 6.45) is 1.29. The molecule has 1 aliphatic rings. The van der Waals surface area contributed by atoms with Gasteiger partial charge in [0.05, 0.1) is 53.4 Å². The van der Waals surface area contributed by atoms with E-state index in [1.54, 1.807) is 19.1 Å². The Bertz CT molecular complexity index is 1550. The standard InChI is InChI=1S/C25H29ClN12O3/c1-4-30-22-23-31-11-15(10-28)38(23)36-24(35-22)33-17-7-14(9-27)8-19(20(17)26)37-6-5-16(34-25(40)41-3)18(12-37)32-13(2)21(29)39/h7-8,11,13,16,18,32H,4-6,12H2,1-3H3,(H2,29,39)(H,34,40)(H2,30,33,35,36)/t13?,16-,18+/m0/s1. The van der Waals surface area contributed by atoms with Gasteiger partial charge in [0.1, 0.15) is 6.07 Å². The molecular formula is C25H29ClN12O3. The summed E-state index contributed by atoms with van der Waals surface area (Å²) in [6, 6.07) is 6.00. The number of nitrogens with two attached hydrogens (primary N) is 1. The molecule has 0 radical (unpaired) electrons. The van der Waals surface area contributed by atoms with Gasteiger partial charge in [-0.25, -0.2) is 9.78 Å². The normalized spacial score (nSPS) is 17.3. The Hall–Kier alpha value is -4.86. The van der Waals surface area contributed by atoms with Gasteiger partial charge in [0.25, 0.3) is 0 Å². The maximum Gasteiger partial charge on any atom is 0.407 e. The van der Waals surface area contributed by atoms with E-state index in [9.17, 15) is 20.1 Å². The number of alkyl carbamates (subject to hydrolysis) is 1. The number of anilines is 4. The van der Waals surface area contributed by atoms with Crippen molar-refractivity contribution in [2.24, 2.45) is 5.73 Å². The Labute approximate surface area is 240 Å². The highest BCUT2D eigenvalue weighted by Crippen LogP contribution is 2.37. The van der Waals surface area contributed by atoms with Crippen LogP contribution in [0.3, 0.4) is 0 Å². The number of benzene rings is 1. The summed E-state index contributed by atoms with van der Waals surface area (Å²) in [6.45, 7) is 4.89. The highest BCUT2D eigenvalue weighted by Gasteiger charge is 2.33. The highest BCUT2D eigenvalue weighted by molar-refractivity contribution is 6.36. The molecule has 1 unspecified atom stereocenters. The van der Waals surface area contributed by atoms with Crippen LogP contribution < -0.4 is 31.9 Å². The zero-order chi connectivity index (χ0) is 29.7. The van der Waals surface area contributed by atoms with E-state index >= 15 is 0 Å². The van der Waals surface area contributed by atoms with Crippen LogP contribution in [0.4, 0.5) is 27.9 Å². The third kappa shape index (κ3) is 6.32.